The third kappa shape index (κ3) is 4.74. The number of halogens is 1. The van der Waals surface area contributed by atoms with Gasteiger partial charge >= 0.3 is 0 Å². The van der Waals surface area contributed by atoms with E-state index in [2.05, 4.69) is 36.5 Å². The number of benzene rings is 1. The molecule has 0 fully saturated rings. The second-order valence-electron chi connectivity index (χ2n) is 5.48. The normalized spacial score (nSPS) is 10.4. The first-order valence-electron chi connectivity index (χ1n) is 7.73. The summed E-state index contributed by atoms with van der Waals surface area (Å²) in [4.78, 5) is 32.3. The number of amides is 2. The van der Waals surface area contributed by atoms with Gasteiger partial charge in [-0.3, -0.25) is 14.6 Å². The lowest BCUT2D eigenvalue weighted by Crippen LogP contribution is -2.17. The van der Waals surface area contributed by atoms with Crippen LogP contribution in [0.1, 0.15) is 12.6 Å². The van der Waals surface area contributed by atoms with Crippen LogP contribution in [0, 0.1) is 0 Å². The number of anilines is 2. The molecule has 8 heteroatoms. The summed E-state index contributed by atoms with van der Waals surface area (Å²) in [6, 6.07) is 9.04. The first-order valence-corrected chi connectivity index (χ1v) is 9.40. The van der Waals surface area contributed by atoms with Crippen LogP contribution in [-0.4, -0.2) is 21.8 Å². The Morgan fingerprint density at radius 1 is 1.19 bits per heavy atom. The van der Waals surface area contributed by atoms with Gasteiger partial charge in [0.1, 0.15) is 5.01 Å². The highest BCUT2D eigenvalue weighted by Gasteiger charge is 2.12. The quantitative estimate of drug-likeness (QED) is 0.637. The van der Waals surface area contributed by atoms with Gasteiger partial charge in [0, 0.05) is 34.7 Å². The van der Waals surface area contributed by atoms with Crippen molar-refractivity contribution in [2.24, 2.45) is 0 Å². The van der Waals surface area contributed by atoms with Gasteiger partial charge in [0.2, 0.25) is 11.8 Å². The van der Waals surface area contributed by atoms with Crippen molar-refractivity contribution in [2.75, 3.05) is 10.6 Å². The van der Waals surface area contributed by atoms with E-state index in [0.29, 0.717) is 17.1 Å². The number of aromatic nitrogens is 2. The van der Waals surface area contributed by atoms with Crippen LogP contribution in [0.15, 0.2) is 52.6 Å². The summed E-state index contributed by atoms with van der Waals surface area (Å²) >= 11 is 4.84. The number of thiazole rings is 1. The zero-order valence-corrected chi connectivity index (χ0v) is 16.2. The Morgan fingerprint density at radius 3 is 2.77 bits per heavy atom. The molecule has 2 heterocycles. The van der Waals surface area contributed by atoms with Crippen LogP contribution in [0.25, 0.3) is 10.6 Å². The molecule has 3 rings (SSSR count). The average Bonchev–Trinajstić information content (AvgIpc) is 3.06. The highest BCUT2D eigenvalue weighted by atomic mass is 79.9. The fourth-order valence-electron chi connectivity index (χ4n) is 2.29. The van der Waals surface area contributed by atoms with Crippen LogP contribution < -0.4 is 10.6 Å². The van der Waals surface area contributed by atoms with E-state index in [-0.39, 0.29) is 18.2 Å². The van der Waals surface area contributed by atoms with Crippen LogP contribution in [0.5, 0.6) is 0 Å². The molecule has 0 unspecified atom stereocenters. The number of nitrogens with one attached hydrogen (secondary N) is 2. The smallest absolute Gasteiger partial charge is 0.230 e. The number of carbonyl (C=O) groups is 2. The number of nitrogens with zero attached hydrogens (tertiary/aromatic N) is 2. The van der Waals surface area contributed by atoms with E-state index in [1.54, 1.807) is 30.6 Å². The summed E-state index contributed by atoms with van der Waals surface area (Å²) in [5, 5.41) is 8.20. The molecule has 132 valence electrons. The predicted molar refractivity (Wildman–Crippen MR) is 106 cm³/mol. The highest BCUT2D eigenvalue weighted by molar-refractivity contribution is 9.10. The van der Waals surface area contributed by atoms with Crippen molar-refractivity contribution in [1.29, 1.82) is 0 Å². The summed E-state index contributed by atoms with van der Waals surface area (Å²) in [5.41, 5.74) is 2.68. The average molecular weight is 431 g/mol. The van der Waals surface area contributed by atoms with E-state index in [4.69, 9.17) is 0 Å². The van der Waals surface area contributed by atoms with E-state index in [0.717, 1.165) is 15.0 Å². The molecule has 0 aliphatic carbocycles. The number of rotatable bonds is 5. The molecule has 2 aromatic heterocycles. The van der Waals surface area contributed by atoms with Crippen molar-refractivity contribution < 1.29 is 9.59 Å². The minimum atomic E-state index is -0.210. The van der Waals surface area contributed by atoms with Crippen molar-refractivity contribution in [1.82, 2.24) is 9.97 Å². The van der Waals surface area contributed by atoms with Gasteiger partial charge in [-0.1, -0.05) is 15.9 Å². The third-order valence-corrected chi connectivity index (χ3v) is 4.80. The Labute approximate surface area is 162 Å². The third-order valence-electron chi connectivity index (χ3n) is 3.37. The molecule has 0 aliphatic heterocycles. The van der Waals surface area contributed by atoms with Crippen LogP contribution >= 0.6 is 27.3 Å². The molecule has 26 heavy (non-hydrogen) atoms. The molecule has 2 amide bonds. The van der Waals surface area contributed by atoms with E-state index in [9.17, 15) is 9.59 Å². The van der Waals surface area contributed by atoms with E-state index in [1.165, 1.54) is 18.3 Å². The van der Waals surface area contributed by atoms with Gasteiger partial charge in [0.25, 0.3) is 0 Å². The van der Waals surface area contributed by atoms with Crippen LogP contribution in [-0.2, 0) is 16.0 Å². The first kappa shape index (κ1) is 18.2. The minimum Gasteiger partial charge on any atom is -0.325 e. The minimum absolute atomic E-state index is 0.142. The molecule has 3 aromatic rings. The monoisotopic (exact) mass is 430 g/mol. The van der Waals surface area contributed by atoms with Crippen molar-refractivity contribution in [3.63, 3.8) is 0 Å². The molecular formula is C18H15BrN4O2S. The second-order valence-corrected chi connectivity index (χ2v) is 7.26. The summed E-state index contributed by atoms with van der Waals surface area (Å²) < 4.78 is 0.800. The van der Waals surface area contributed by atoms with Gasteiger partial charge in [0.15, 0.2) is 0 Å². The molecule has 2 N–H and O–H groups in total. The first-order chi connectivity index (χ1) is 12.5. The molecule has 0 saturated carbocycles. The molecule has 6 nitrogen and oxygen atoms in total. The lowest BCUT2D eigenvalue weighted by atomic mass is 10.2. The lowest BCUT2D eigenvalue weighted by Gasteiger charge is -2.11. The fourth-order valence-corrected chi connectivity index (χ4v) is 3.46. The second kappa shape index (κ2) is 8.20. The molecule has 1 aromatic carbocycles. The van der Waals surface area contributed by atoms with Crippen LogP contribution in [0.2, 0.25) is 0 Å². The van der Waals surface area contributed by atoms with Crippen molar-refractivity contribution in [2.45, 2.75) is 13.3 Å². The van der Waals surface area contributed by atoms with Gasteiger partial charge < -0.3 is 10.6 Å². The highest BCUT2D eigenvalue weighted by Crippen LogP contribution is 2.27. The van der Waals surface area contributed by atoms with Gasteiger partial charge in [-0.15, -0.1) is 11.3 Å². The van der Waals surface area contributed by atoms with E-state index < -0.39 is 0 Å². The SMILES string of the molecule is CC(=O)Nc1ccc(Br)cc1NC(=O)Cc1csc(-c2cccnc2)n1. The van der Waals surface area contributed by atoms with Crippen LogP contribution in [0.3, 0.4) is 0 Å². The zero-order valence-electron chi connectivity index (χ0n) is 13.8. The molecular weight excluding hydrogens is 416 g/mol. The van der Waals surface area contributed by atoms with Crippen molar-refractivity contribution >= 4 is 50.5 Å². The molecule has 0 bridgehead atoms. The van der Waals surface area contributed by atoms with E-state index in [1.807, 2.05) is 17.5 Å². The summed E-state index contributed by atoms with van der Waals surface area (Å²) in [6.07, 6.45) is 3.59. The Hall–Kier alpha value is -2.58. The summed E-state index contributed by atoms with van der Waals surface area (Å²) in [7, 11) is 0. The lowest BCUT2D eigenvalue weighted by molar-refractivity contribution is -0.116. The maximum atomic E-state index is 12.4. The van der Waals surface area contributed by atoms with Gasteiger partial charge in [-0.25, -0.2) is 4.98 Å². The Kier molecular flexibility index (Phi) is 5.75. The van der Waals surface area contributed by atoms with Gasteiger partial charge in [-0.05, 0) is 30.3 Å². The largest absolute Gasteiger partial charge is 0.325 e. The number of hydrogen-bond donors (Lipinski definition) is 2. The molecule has 0 saturated heterocycles. The molecule has 0 spiro atoms. The Balaban J connectivity index is 1.71. The standard InChI is InChI=1S/C18H15BrN4O2S/c1-11(24)21-15-5-4-13(19)7-16(15)23-17(25)8-14-10-26-18(22-14)12-3-2-6-20-9-12/h2-7,9-10H,8H2,1H3,(H,21,24)(H,23,25). The van der Waals surface area contributed by atoms with E-state index >= 15 is 0 Å². The molecule has 0 atom stereocenters. The molecule has 0 radical (unpaired) electrons. The molecule has 0 aliphatic rings. The number of carbonyl (C=O) groups excluding carboxylic acids is 2. The number of pyridine rings is 1. The summed E-state index contributed by atoms with van der Waals surface area (Å²) in [5.74, 6) is -0.416. The fraction of sp³-hybridized carbons (Fsp3) is 0.111. The number of hydrogen-bond acceptors (Lipinski definition) is 5. The predicted octanol–water partition coefficient (Wildman–Crippen LogP) is 4.11. The Morgan fingerprint density at radius 2 is 2.04 bits per heavy atom. The summed E-state index contributed by atoms with van der Waals surface area (Å²) in [6.45, 7) is 1.42. The van der Waals surface area contributed by atoms with Gasteiger partial charge in [0.05, 0.1) is 23.5 Å². The van der Waals surface area contributed by atoms with Crippen molar-refractivity contribution in [3.8, 4) is 10.6 Å². The zero-order chi connectivity index (χ0) is 18.5. The van der Waals surface area contributed by atoms with Gasteiger partial charge in [-0.2, -0.15) is 0 Å². The van der Waals surface area contributed by atoms with Crippen LogP contribution in [0.4, 0.5) is 11.4 Å². The Bertz CT molecular complexity index is 943. The topological polar surface area (TPSA) is 84.0 Å². The van der Waals surface area contributed by atoms with Crippen molar-refractivity contribution in [3.05, 3.63) is 58.3 Å². The maximum Gasteiger partial charge on any atom is 0.230 e. The maximum absolute atomic E-state index is 12.4.